The molecule has 0 unspecified atom stereocenters. The average Bonchev–Trinajstić information content (AvgIpc) is 2.39. The molecule has 106 valence electrons. The first-order chi connectivity index (χ1) is 9.04. The highest BCUT2D eigenvalue weighted by molar-refractivity contribution is 5.92. The summed E-state index contributed by atoms with van der Waals surface area (Å²) < 4.78 is 0. The third-order valence-corrected chi connectivity index (χ3v) is 2.89. The van der Waals surface area contributed by atoms with Gasteiger partial charge in [-0.05, 0) is 40.0 Å². The number of amides is 1. The van der Waals surface area contributed by atoms with E-state index < -0.39 is 0 Å². The van der Waals surface area contributed by atoms with Crippen molar-refractivity contribution in [1.29, 1.82) is 0 Å². The smallest absolute Gasteiger partial charge is 0.271 e. The minimum Gasteiger partial charge on any atom is -0.367 e. The van der Waals surface area contributed by atoms with E-state index in [0.29, 0.717) is 24.1 Å². The molecule has 0 spiro atoms. The van der Waals surface area contributed by atoms with E-state index in [1.807, 2.05) is 6.92 Å². The lowest BCUT2D eigenvalue weighted by Gasteiger charge is -2.20. The average molecular weight is 265 g/mol. The quantitative estimate of drug-likeness (QED) is 0.769. The van der Waals surface area contributed by atoms with Crippen LogP contribution >= 0.6 is 0 Å². The molecule has 0 bridgehead atoms. The Kier molecular flexibility index (Phi) is 6.21. The van der Waals surface area contributed by atoms with Crippen LogP contribution in [0.4, 0.5) is 5.82 Å². The van der Waals surface area contributed by atoms with Crippen molar-refractivity contribution in [3.8, 4) is 0 Å². The van der Waals surface area contributed by atoms with Crippen LogP contribution in [-0.4, -0.2) is 53.7 Å². The first kappa shape index (κ1) is 15.4. The Morgan fingerprint density at radius 1 is 1.37 bits per heavy atom. The van der Waals surface area contributed by atoms with Crippen LogP contribution in [0.2, 0.25) is 0 Å². The minimum atomic E-state index is -0.193. The number of nitrogens with one attached hydrogen (secondary N) is 2. The molecule has 0 saturated heterocycles. The van der Waals surface area contributed by atoms with Gasteiger partial charge in [-0.15, -0.1) is 10.2 Å². The Bertz CT molecular complexity index is 391. The summed E-state index contributed by atoms with van der Waals surface area (Å²) in [5, 5.41) is 13.7. The second-order valence-electron chi connectivity index (χ2n) is 4.66. The van der Waals surface area contributed by atoms with Crippen LogP contribution < -0.4 is 10.6 Å². The van der Waals surface area contributed by atoms with Crippen molar-refractivity contribution < 1.29 is 4.79 Å². The lowest BCUT2D eigenvalue weighted by atomic mass is 10.3. The maximum absolute atomic E-state index is 11.5. The number of rotatable bonds is 7. The Morgan fingerprint density at radius 2 is 2.11 bits per heavy atom. The number of likely N-dealkylation sites (N-methyl/N-ethyl adjacent to an activating group) is 1. The molecule has 0 atom stereocenters. The summed E-state index contributed by atoms with van der Waals surface area (Å²) in [5.74, 6) is 0.492. The fourth-order valence-electron chi connectivity index (χ4n) is 1.42. The van der Waals surface area contributed by atoms with Gasteiger partial charge in [0.1, 0.15) is 5.82 Å². The van der Waals surface area contributed by atoms with Crippen LogP contribution in [0.5, 0.6) is 0 Å². The van der Waals surface area contributed by atoms with Gasteiger partial charge >= 0.3 is 0 Å². The van der Waals surface area contributed by atoms with Gasteiger partial charge in [0.25, 0.3) is 5.91 Å². The molecule has 2 N–H and O–H groups in total. The third kappa shape index (κ3) is 5.21. The highest BCUT2D eigenvalue weighted by atomic mass is 16.1. The molecule has 1 aromatic heterocycles. The van der Waals surface area contributed by atoms with Gasteiger partial charge < -0.3 is 15.5 Å². The van der Waals surface area contributed by atoms with Gasteiger partial charge in [-0.2, -0.15) is 0 Å². The summed E-state index contributed by atoms with van der Waals surface area (Å²) >= 11 is 0. The summed E-state index contributed by atoms with van der Waals surface area (Å²) in [4.78, 5) is 13.7. The predicted molar refractivity (Wildman–Crippen MR) is 76.3 cm³/mol. The fourth-order valence-corrected chi connectivity index (χ4v) is 1.42. The van der Waals surface area contributed by atoms with E-state index in [9.17, 15) is 4.79 Å². The van der Waals surface area contributed by atoms with E-state index in [2.05, 4.69) is 46.6 Å². The summed E-state index contributed by atoms with van der Waals surface area (Å²) in [5.41, 5.74) is 0.340. The predicted octanol–water partition coefficient (Wildman–Crippen LogP) is 0.978. The number of carbonyl (C=O) groups is 1. The van der Waals surface area contributed by atoms with Crippen molar-refractivity contribution >= 4 is 11.7 Å². The first-order valence-corrected chi connectivity index (χ1v) is 6.60. The zero-order chi connectivity index (χ0) is 14.3. The zero-order valence-corrected chi connectivity index (χ0v) is 12.1. The summed E-state index contributed by atoms with van der Waals surface area (Å²) in [6.45, 7) is 8.48. The SMILES string of the molecule is CCNC(=O)c1ccc(NCCN(C)C(C)C)nn1. The molecule has 0 saturated carbocycles. The fraction of sp³-hybridized carbons (Fsp3) is 0.615. The van der Waals surface area contributed by atoms with E-state index in [-0.39, 0.29) is 5.91 Å². The van der Waals surface area contributed by atoms with Gasteiger partial charge in [0.15, 0.2) is 5.69 Å². The van der Waals surface area contributed by atoms with E-state index in [1.54, 1.807) is 12.1 Å². The van der Waals surface area contributed by atoms with Crippen LogP contribution in [0, 0.1) is 0 Å². The van der Waals surface area contributed by atoms with Crippen molar-refractivity contribution in [3.63, 3.8) is 0 Å². The summed E-state index contributed by atoms with van der Waals surface area (Å²) in [6.07, 6.45) is 0. The van der Waals surface area contributed by atoms with Crippen LogP contribution in [0.15, 0.2) is 12.1 Å². The molecular formula is C13H23N5O. The topological polar surface area (TPSA) is 70.2 Å². The van der Waals surface area contributed by atoms with Crippen molar-refractivity contribution in [1.82, 2.24) is 20.4 Å². The molecule has 0 aliphatic heterocycles. The van der Waals surface area contributed by atoms with Crippen molar-refractivity contribution in [2.75, 3.05) is 32.0 Å². The summed E-state index contributed by atoms with van der Waals surface area (Å²) in [6, 6.07) is 3.97. The Morgan fingerprint density at radius 3 is 2.63 bits per heavy atom. The lowest BCUT2D eigenvalue weighted by Crippen LogP contribution is -2.31. The maximum Gasteiger partial charge on any atom is 0.271 e. The Balaban J connectivity index is 2.42. The van der Waals surface area contributed by atoms with E-state index >= 15 is 0 Å². The number of nitrogens with zero attached hydrogens (tertiary/aromatic N) is 3. The number of carbonyl (C=O) groups excluding carboxylic acids is 1. The molecule has 0 radical (unpaired) electrons. The minimum absolute atomic E-state index is 0.193. The van der Waals surface area contributed by atoms with Crippen LogP contribution in [0.3, 0.4) is 0 Å². The van der Waals surface area contributed by atoms with E-state index in [4.69, 9.17) is 0 Å². The number of hydrogen-bond donors (Lipinski definition) is 2. The molecule has 1 heterocycles. The van der Waals surface area contributed by atoms with Crippen molar-refractivity contribution in [3.05, 3.63) is 17.8 Å². The second-order valence-corrected chi connectivity index (χ2v) is 4.66. The molecule has 6 nitrogen and oxygen atoms in total. The Hall–Kier alpha value is -1.69. The molecular weight excluding hydrogens is 242 g/mol. The third-order valence-electron chi connectivity index (χ3n) is 2.89. The summed E-state index contributed by atoms with van der Waals surface area (Å²) in [7, 11) is 2.08. The maximum atomic E-state index is 11.5. The number of hydrogen-bond acceptors (Lipinski definition) is 5. The monoisotopic (exact) mass is 265 g/mol. The van der Waals surface area contributed by atoms with E-state index in [1.165, 1.54) is 0 Å². The highest BCUT2D eigenvalue weighted by Gasteiger charge is 2.06. The molecule has 1 aromatic rings. The van der Waals surface area contributed by atoms with Gasteiger partial charge in [0.2, 0.25) is 0 Å². The van der Waals surface area contributed by atoms with Gasteiger partial charge in [-0.25, -0.2) is 0 Å². The van der Waals surface area contributed by atoms with Crippen molar-refractivity contribution in [2.45, 2.75) is 26.8 Å². The number of aromatic nitrogens is 2. The van der Waals surface area contributed by atoms with Gasteiger partial charge in [-0.1, -0.05) is 0 Å². The van der Waals surface area contributed by atoms with Crippen LogP contribution in [0.25, 0.3) is 0 Å². The highest BCUT2D eigenvalue weighted by Crippen LogP contribution is 2.02. The molecule has 0 aliphatic carbocycles. The molecule has 6 heteroatoms. The molecule has 0 fully saturated rings. The normalized spacial score (nSPS) is 10.8. The zero-order valence-electron chi connectivity index (χ0n) is 12.1. The van der Waals surface area contributed by atoms with E-state index in [0.717, 1.165) is 13.1 Å². The molecule has 0 aliphatic rings. The number of anilines is 1. The van der Waals surface area contributed by atoms with Gasteiger partial charge in [0.05, 0.1) is 0 Å². The van der Waals surface area contributed by atoms with Gasteiger partial charge in [-0.3, -0.25) is 4.79 Å². The molecule has 19 heavy (non-hydrogen) atoms. The second kappa shape index (κ2) is 7.68. The van der Waals surface area contributed by atoms with Crippen molar-refractivity contribution in [2.24, 2.45) is 0 Å². The Labute approximate surface area is 114 Å². The van der Waals surface area contributed by atoms with Gasteiger partial charge in [0, 0.05) is 25.7 Å². The molecule has 0 aromatic carbocycles. The lowest BCUT2D eigenvalue weighted by molar-refractivity contribution is 0.0950. The first-order valence-electron chi connectivity index (χ1n) is 6.60. The largest absolute Gasteiger partial charge is 0.367 e. The molecule has 1 amide bonds. The van der Waals surface area contributed by atoms with Crippen LogP contribution in [-0.2, 0) is 0 Å². The standard InChI is InChI=1S/C13H23N5O/c1-5-14-13(19)11-6-7-12(17-16-11)15-8-9-18(4)10(2)3/h6-7,10H,5,8-9H2,1-4H3,(H,14,19)(H,15,17). The van der Waals surface area contributed by atoms with Crippen LogP contribution in [0.1, 0.15) is 31.3 Å². The molecule has 1 rings (SSSR count).